The molecule has 8 nitrogen and oxygen atoms in total. The lowest BCUT2D eigenvalue weighted by molar-refractivity contribution is -0.131. The van der Waals surface area contributed by atoms with E-state index in [0.29, 0.717) is 22.9 Å². The zero-order chi connectivity index (χ0) is 26.9. The minimum atomic E-state index is -1.67. The van der Waals surface area contributed by atoms with Crippen LogP contribution in [0.2, 0.25) is 5.02 Å². The van der Waals surface area contributed by atoms with E-state index in [1.165, 1.54) is 12.1 Å². The molecule has 1 aliphatic heterocycles. The van der Waals surface area contributed by atoms with Crippen LogP contribution in [0, 0.1) is 18.6 Å². The van der Waals surface area contributed by atoms with Crippen LogP contribution in [0.3, 0.4) is 0 Å². The van der Waals surface area contributed by atoms with Crippen LogP contribution in [-0.2, 0) is 4.79 Å². The summed E-state index contributed by atoms with van der Waals surface area (Å²) in [6.45, 7) is 2.01. The summed E-state index contributed by atoms with van der Waals surface area (Å²) in [5.41, 5.74) is 0.270. The summed E-state index contributed by atoms with van der Waals surface area (Å²) < 4.78 is 40.9. The van der Waals surface area contributed by atoms with Gasteiger partial charge in [0.25, 0.3) is 11.7 Å². The van der Waals surface area contributed by atoms with Crippen LogP contribution in [-0.4, -0.2) is 49.1 Å². The third-order valence-corrected chi connectivity index (χ3v) is 5.81. The highest BCUT2D eigenvalue weighted by atomic mass is 35.5. The van der Waals surface area contributed by atoms with Crippen LogP contribution in [0.1, 0.15) is 26.3 Å². The number of fused-ring (bicyclic) bond motifs is 1. The van der Waals surface area contributed by atoms with Crippen molar-refractivity contribution in [3.05, 3.63) is 81.9 Å². The first-order valence-electron chi connectivity index (χ1n) is 11.0. The Morgan fingerprint density at radius 2 is 1.84 bits per heavy atom. The molecular formula is C26H21ClF2N2O6. The number of hydrogen-bond donors (Lipinski definition) is 2. The summed E-state index contributed by atoms with van der Waals surface area (Å²) in [5.74, 6) is -5.89. The fourth-order valence-electron chi connectivity index (χ4n) is 3.95. The number of aryl methyl sites for hydroxylation is 1. The molecule has 0 saturated heterocycles. The van der Waals surface area contributed by atoms with Gasteiger partial charge in [-0.2, -0.15) is 0 Å². The quantitative estimate of drug-likeness (QED) is 0.336. The number of rotatable bonds is 7. The second-order valence-corrected chi connectivity index (χ2v) is 8.92. The van der Waals surface area contributed by atoms with Crippen molar-refractivity contribution < 1.29 is 37.7 Å². The third-order valence-electron chi connectivity index (χ3n) is 5.57. The molecule has 0 bridgehead atoms. The van der Waals surface area contributed by atoms with Gasteiger partial charge in [0.05, 0.1) is 12.2 Å². The van der Waals surface area contributed by atoms with E-state index >= 15 is 0 Å². The highest BCUT2D eigenvalue weighted by Gasteiger charge is 2.25. The molecule has 1 atom stereocenters. The number of benzene rings is 3. The molecule has 1 aliphatic rings. The number of nitrogens with one attached hydrogen (secondary N) is 1. The van der Waals surface area contributed by atoms with Crippen molar-refractivity contribution in [2.45, 2.75) is 13.0 Å². The summed E-state index contributed by atoms with van der Waals surface area (Å²) in [4.78, 5) is 37.3. The number of aliphatic carboxylic acids is 1. The molecule has 37 heavy (non-hydrogen) atoms. The molecule has 1 amide bonds. The molecular weight excluding hydrogens is 510 g/mol. The first-order valence-corrected chi connectivity index (χ1v) is 11.4. The number of hydrogen-bond acceptors (Lipinski definition) is 6. The van der Waals surface area contributed by atoms with Crippen LogP contribution < -0.4 is 19.7 Å². The smallest absolute Gasteiger partial charge is 0.377 e. The molecule has 0 aromatic heterocycles. The van der Waals surface area contributed by atoms with Crippen molar-refractivity contribution in [2.75, 3.05) is 30.4 Å². The number of anilines is 2. The lowest BCUT2D eigenvalue weighted by atomic mass is 10.1. The fourth-order valence-corrected chi connectivity index (χ4v) is 4.11. The molecule has 0 fully saturated rings. The topological polar surface area (TPSA) is 105 Å². The van der Waals surface area contributed by atoms with E-state index < -0.39 is 41.0 Å². The molecule has 3 aromatic carbocycles. The zero-order valence-corrected chi connectivity index (χ0v) is 20.4. The van der Waals surface area contributed by atoms with E-state index in [1.54, 1.807) is 19.1 Å². The van der Waals surface area contributed by atoms with Gasteiger partial charge < -0.3 is 24.8 Å². The first-order chi connectivity index (χ1) is 17.5. The average molecular weight is 531 g/mol. The number of ketones is 1. The van der Waals surface area contributed by atoms with E-state index in [1.807, 2.05) is 18.0 Å². The largest absolute Gasteiger partial charge is 0.489 e. The van der Waals surface area contributed by atoms with Crippen LogP contribution in [0.5, 0.6) is 11.5 Å². The van der Waals surface area contributed by atoms with Crippen molar-refractivity contribution in [3.8, 4) is 11.5 Å². The Kier molecular flexibility index (Phi) is 7.30. The summed E-state index contributed by atoms with van der Waals surface area (Å²) in [6.07, 6.45) is -0.450. The minimum absolute atomic E-state index is 0.00711. The number of carbonyl (C=O) groups excluding carboxylic acids is 2. The van der Waals surface area contributed by atoms with Crippen molar-refractivity contribution in [2.24, 2.45) is 0 Å². The molecule has 0 unspecified atom stereocenters. The molecule has 1 heterocycles. The monoisotopic (exact) mass is 530 g/mol. The van der Waals surface area contributed by atoms with Crippen molar-refractivity contribution in [1.29, 1.82) is 0 Å². The number of halogens is 3. The summed E-state index contributed by atoms with van der Waals surface area (Å²) >= 11 is 6.03. The number of carboxylic acids is 1. The van der Waals surface area contributed by atoms with E-state index in [4.69, 9.17) is 26.2 Å². The number of nitrogens with zero attached hydrogens (tertiary/aromatic N) is 1. The van der Waals surface area contributed by atoms with Gasteiger partial charge in [-0.25, -0.2) is 13.6 Å². The highest BCUT2D eigenvalue weighted by Crippen LogP contribution is 2.35. The SMILES string of the molecule is Cc1cc(NC(=O)c2c(F)cc(OC[C@@H]3CN(C)c4ccc(Cl)cc4O3)cc2F)cc(C(=O)C(=O)O)c1. The number of Topliss-reactive ketones (excluding diaryl/α,β-unsaturated/α-hetero) is 1. The van der Waals surface area contributed by atoms with E-state index in [0.717, 1.165) is 23.9 Å². The number of carboxylic acid groups (broad SMARTS) is 1. The maximum atomic E-state index is 14.8. The van der Waals surface area contributed by atoms with Gasteiger partial charge in [-0.3, -0.25) is 9.59 Å². The Labute approximate surface area is 215 Å². The van der Waals surface area contributed by atoms with Gasteiger partial charge in [0, 0.05) is 41.5 Å². The average Bonchev–Trinajstić information content (AvgIpc) is 2.81. The van der Waals surface area contributed by atoms with E-state index in [2.05, 4.69) is 5.32 Å². The van der Waals surface area contributed by atoms with Gasteiger partial charge in [-0.05, 0) is 42.8 Å². The lowest BCUT2D eigenvalue weighted by Gasteiger charge is -2.33. The minimum Gasteiger partial charge on any atom is -0.489 e. The fraction of sp³-hybridized carbons (Fsp3) is 0.192. The first kappa shape index (κ1) is 25.9. The maximum absolute atomic E-state index is 14.8. The summed E-state index contributed by atoms with van der Waals surface area (Å²) in [7, 11) is 1.86. The van der Waals surface area contributed by atoms with Gasteiger partial charge in [0.2, 0.25) is 0 Å². The molecule has 0 radical (unpaired) electrons. The standard InChI is InChI=1S/C26H21ClF2N2O6/c1-13-5-14(24(32)26(34)35)7-16(6-13)30-25(33)23-19(28)9-17(10-20(23)29)36-12-18-11-31(2)21-4-3-15(27)8-22(21)37-18/h3-10,18H,11-12H2,1-2H3,(H,30,33)(H,34,35)/t18-/m0/s1. The predicted molar refractivity (Wildman–Crippen MR) is 132 cm³/mol. The predicted octanol–water partition coefficient (Wildman–Crippen LogP) is 4.72. The van der Waals surface area contributed by atoms with E-state index in [-0.39, 0.29) is 23.6 Å². The normalized spacial score (nSPS) is 14.4. The Morgan fingerprint density at radius 3 is 2.51 bits per heavy atom. The second-order valence-electron chi connectivity index (χ2n) is 8.48. The van der Waals surface area contributed by atoms with Gasteiger partial charge >= 0.3 is 5.97 Å². The third kappa shape index (κ3) is 5.80. The van der Waals surface area contributed by atoms with Gasteiger partial charge in [0.15, 0.2) is 0 Å². The molecule has 0 saturated carbocycles. The van der Waals surface area contributed by atoms with Crippen LogP contribution >= 0.6 is 11.6 Å². The number of likely N-dealkylation sites (N-methyl/N-ethyl adjacent to an activating group) is 1. The maximum Gasteiger partial charge on any atom is 0.377 e. The number of carbonyl (C=O) groups is 3. The van der Waals surface area contributed by atoms with Crippen molar-refractivity contribution >= 4 is 40.6 Å². The van der Waals surface area contributed by atoms with Crippen LogP contribution in [0.15, 0.2) is 48.5 Å². The molecule has 3 aromatic rings. The van der Waals surface area contributed by atoms with Crippen molar-refractivity contribution in [3.63, 3.8) is 0 Å². The van der Waals surface area contributed by atoms with Crippen LogP contribution in [0.25, 0.3) is 0 Å². The molecule has 2 N–H and O–H groups in total. The number of ether oxygens (including phenoxy) is 2. The Hall–Kier alpha value is -4.18. The Bertz CT molecular complexity index is 1390. The molecule has 0 aliphatic carbocycles. The van der Waals surface area contributed by atoms with Gasteiger partial charge in [-0.1, -0.05) is 11.6 Å². The zero-order valence-electron chi connectivity index (χ0n) is 19.7. The molecule has 192 valence electrons. The summed E-state index contributed by atoms with van der Waals surface area (Å²) in [6, 6.07) is 10.9. The van der Waals surface area contributed by atoms with Crippen LogP contribution in [0.4, 0.5) is 20.2 Å². The highest BCUT2D eigenvalue weighted by molar-refractivity contribution is 6.40. The molecule has 0 spiro atoms. The number of amides is 1. The van der Waals surface area contributed by atoms with Gasteiger partial charge in [-0.15, -0.1) is 0 Å². The van der Waals surface area contributed by atoms with Crippen molar-refractivity contribution in [1.82, 2.24) is 0 Å². The Morgan fingerprint density at radius 1 is 1.14 bits per heavy atom. The molecule has 11 heteroatoms. The second kappa shape index (κ2) is 10.4. The van der Waals surface area contributed by atoms with E-state index in [9.17, 15) is 23.2 Å². The molecule has 4 rings (SSSR count). The van der Waals surface area contributed by atoms with Gasteiger partial charge in [0.1, 0.15) is 41.4 Å². The Balaban J connectivity index is 1.46. The summed E-state index contributed by atoms with van der Waals surface area (Å²) in [5, 5.41) is 11.7. The lowest BCUT2D eigenvalue weighted by Crippen LogP contribution is -2.41.